The predicted octanol–water partition coefficient (Wildman–Crippen LogP) is 4.70. The lowest BCUT2D eigenvalue weighted by Crippen LogP contribution is -2.12. The van der Waals surface area contributed by atoms with Crippen LogP contribution in [0.5, 0.6) is 0 Å². The molecule has 23 heavy (non-hydrogen) atoms. The summed E-state index contributed by atoms with van der Waals surface area (Å²) in [7, 11) is 0. The van der Waals surface area contributed by atoms with Crippen LogP contribution in [0, 0.1) is 0 Å². The van der Waals surface area contributed by atoms with E-state index in [9.17, 15) is 4.79 Å². The van der Waals surface area contributed by atoms with Gasteiger partial charge < -0.3 is 10.6 Å². The summed E-state index contributed by atoms with van der Waals surface area (Å²) in [6.07, 6.45) is 2.72. The molecular weight excluding hydrogens is 306 g/mol. The van der Waals surface area contributed by atoms with Crippen LogP contribution in [-0.2, 0) is 6.42 Å². The fourth-order valence-electron chi connectivity index (χ4n) is 2.17. The lowest BCUT2D eigenvalue weighted by atomic mass is 10.1. The molecular formula is C18H17N3OS. The van der Waals surface area contributed by atoms with Crippen molar-refractivity contribution in [3.8, 4) is 0 Å². The molecule has 1 heterocycles. The Bertz CT molecular complexity index is 782. The van der Waals surface area contributed by atoms with Gasteiger partial charge in [0.05, 0.1) is 0 Å². The van der Waals surface area contributed by atoms with E-state index in [1.54, 1.807) is 12.3 Å². The van der Waals surface area contributed by atoms with Gasteiger partial charge in [0.25, 0.3) is 5.91 Å². The van der Waals surface area contributed by atoms with E-state index in [2.05, 4.69) is 22.5 Å². The number of hydrogen-bond donors (Lipinski definition) is 2. The molecule has 4 nitrogen and oxygen atoms in total. The van der Waals surface area contributed by atoms with Crippen molar-refractivity contribution in [2.75, 3.05) is 10.6 Å². The second-order valence-electron chi connectivity index (χ2n) is 5.05. The lowest BCUT2D eigenvalue weighted by molar-refractivity contribution is 0.102. The first-order valence-electron chi connectivity index (χ1n) is 7.41. The van der Waals surface area contributed by atoms with E-state index in [4.69, 9.17) is 0 Å². The average molecular weight is 323 g/mol. The molecule has 3 rings (SSSR count). The zero-order chi connectivity index (χ0) is 16.1. The molecule has 3 aromatic rings. The second-order valence-corrected chi connectivity index (χ2v) is 5.94. The number of aryl methyl sites for hydroxylation is 1. The maximum atomic E-state index is 12.4. The van der Waals surface area contributed by atoms with Crippen molar-refractivity contribution < 1.29 is 4.79 Å². The van der Waals surface area contributed by atoms with Crippen molar-refractivity contribution in [3.63, 3.8) is 0 Å². The minimum absolute atomic E-state index is 0.128. The number of hydrogen-bond acceptors (Lipinski definition) is 4. The smallest absolute Gasteiger partial charge is 0.255 e. The Hall–Kier alpha value is -2.66. The van der Waals surface area contributed by atoms with Gasteiger partial charge in [-0.15, -0.1) is 11.3 Å². The lowest BCUT2D eigenvalue weighted by Gasteiger charge is -2.08. The minimum Gasteiger partial charge on any atom is -0.332 e. The molecule has 0 spiro atoms. The van der Waals surface area contributed by atoms with Crippen LogP contribution < -0.4 is 10.6 Å². The van der Waals surface area contributed by atoms with E-state index in [0.29, 0.717) is 5.56 Å². The van der Waals surface area contributed by atoms with Gasteiger partial charge >= 0.3 is 0 Å². The van der Waals surface area contributed by atoms with Gasteiger partial charge in [0, 0.05) is 28.5 Å². The molecule has 0 aliphatic heterocycles. The monoisotopic (exact) mass is 323 g/mol. The standard InChI is InChI=1S/C18H17N3OS/c1-2-13-6-8-15(9-7-13)20-17(22)14-4-3-5-16(12-14)21-18-19-10-11-23-18/h3-12H,2H2,1H3,(H,19,21)(H,20,22). The summed E-state index contributed by atoms with van der Waals surface area (Å²) < 4.78 is 0. The third-order valence-electron chi connectivity index (χ3n) is 3.43. The van der Waals surface area contributed by atoms with E-state index in [1.165, 1.54) is 16.9 Å². The number of thiazole rings is 1. The molecule has 2 aromatic carbocycles. The Morgan fingerprint density at radius 2 is 1.96 bits per heavy atom. The summed E-state index contributed by atoms with van der Waals surface area (Å²) in [6, 6.07) is 15.3. The fraction of sp³-hybridized carbons (Fsp3) is 0.111. The van der Waals surface area contributed by atoms with E-state index in [0.717, 1.165) is 22.9 Å². The Kier molecular flexibility index (Phi) is 4.68. The normalized spacial score (nSPS) is 10.3. The van der Waals surface area contributed by atoms with Gasteiger partial charge in [0.15, 0.2) is 5.13 Å². The van der Waals surface area contributed by atoms with Gasteiger partial charge in [-0.1, -0.05) is 25.1 Å². The van der Waals surface area contributed by atoms with Crippen molar-refractivity contribution in [1.29, 1.82) is 0 Å². The minimum atomic E-state index is -0.128. The van der Waals surface area contributed by atoms with Gasteiger partial charge in [-0.3, -0.25) is 4.79 Å². The number of amides is 1. The van der Waals surface area contributed by atoms with Crippen LogP contribution >= 0.6 is 11.3 Å². The molecule has 1 amide bonds. The number of carbonyl (C=O) groups is 1. The highest BCUT2D eigenvalue weighted by atomic mass is 32.1. The Balaban J connectivity index is 1.71. The molecule has 0 fully saturated rings. The van der Waals surface area contributed by atoms with Gasteiger partial charge in [-0.2, -0.15) is 0 Å². The van der Waals surface area contributed by atoms with Crippen LogP contribution in [0.25, 0.3) is 0 Å². The van der Waals surface area contributed by atoms with Crippen molar-refractivity contribution in [2.45, 2.75) is 13.3 Å². The first kappa shape index (κ1) is 15.2. The predicted molar refractivity (Wildman–Crippen MR) is 95.6 cm³/mol. The summed E-state index contributed by atoms with van der Waals surface area (Å²) in [5, 5.41) is 8.81. The molecule has 0 atom stereocenters. The number of benzene rings is 2. The molecule has 0 aliphatic carbocycles. The van der Waals surface area contributed by atoms with Crippen molar-refractivity contribution in [1.82, 2.24) is 4.98 Å². The van der Waals surface area contributed by atoms with Gasteiger partial charge in [-0.05, 0) is 42.3 Å². The maximum Gasteiger partial charge on any atom is 0.255 e. The summed E-state index contributed by atoms with van der Waals surface area (Å²) >= 11 is 1.52. The van der Waals surface area contributed by atoms with Crippen molar-refractivity contribution in [2.24, 2.45) is 0 Å². The highest BCUT2D eigenvalue weighted by molar-refractivity contribution is 7.13. The highest BCUT2D eigenvalue weighted by Gasteiger charge is 2.07. The van der Waals surface area contributed by atoms with Crippen LogP contribution in [0.1, 0.15) is 22.8 Å². The molecule has 116 valence electrons. The SMILES string of the molecule is CCc1ccc(NC(=O)c2cccc(Nc3nccs3)c2)cc1. The molecule has 0 bridgehead atoms. The van der Waals surface area contributed by atoms with Gasteiger partial charge in [0.1, 0.15) is 0 Å². The number of anilines is 3. The van der Waals surface area contributed by atoms with Crippen molar-refractivity contribution >= 4 is 33.8 Å². The summed E-state index contributed by atoms with van der Waals surface area (Å²) in [4.78, 5) is 16.5. The maximum absolute atomic E-state index is 12.4. The van der Waals surface area contributed by atoms with Gasteiger partial charge in [0.2, 0.25) is 0 Å². The molecule has 0 aliphatic rings. The molecule has 2 N–H and O–H groups in total. The van der Waals surface area contributed by atoms with Gasteiger partial charge in [-0.25, -0.2) is 4.98 Å². The molecule has 0 saturated heterocycles. The summed E-state index contributed by atoms with van der Waals surface area (Å²) in [5.41, 5.74) is 3.49. The average Bonchev–Trinajstić information content (AvgIpc) is 3.09. The third kappa shape index (κ3) is 3.96. The first-order valence-corrected chi connectivity index (χ1v) is 8.29. The number of nitrogens with zero attached hydrogens (tertiary/aromatic N) is 1. The van der Waals surface area contributed by atoms with Crippen LogP contribution in [0.3, 0.4) is 0 Å². The summed E-state index contributed by atoms with van der Waals surface area (Å²) in [6.45, 7) is 2.11. The third-order valence-corrected chi connectivity index (χ3v) is 4.12. The quantitative estimate of drug-likeness (QED) is 0.715. The number of nitrogens with one attached hydrogen (secondary N) is 2. The van der Waals surface area contributed by atoms with Crippen molar-refractivity contribution in [3.05, 3.63) is 71.2 Å². The summed E-state index contributed by atoms with van der Waals surface area (Å²) in [5.74, 6) is -0.128. The molecule has 0 unspecified atom stereocenters. The van der Waals surface area contributed by atoms with Crippen LogP contribution in [0.4, 0.5) is 16.5 Å². The van der Waals surface area contributed by atoms with Crippen LogP contribution in [-0.4, -0.2) is 10.9 Å². The second kappa shape index (κ2) is 7.07. The molecule has 5 heteroatoms. The fourth-order valence-corrected chi connectivity index (χ4v) is 2.72. The molecule has 0 saturated carbocycles. The van der Waals surface area contributed by atoms with Crippen LogP contribution in [0.15, 0.2) is 60.1 Å². The van der Waals surface area contributed by atoms with E-state index < -0.39 is 0 Å². The number of aromatic nitrogens is 1. The Morgan fingerprint density at radius 3 is 2.65 bits per heavy atom. The largest absolute Gasteiger partial charge is 0.332 e. The Labute approximate surface area is 139 Å². The van der Waals surface area contributed by atoms with E-state index >= 15 is 0 Å². The first-order chi connectivity index (χ1) is 11.2. The number of carbonyl (C=O) groups excluding carboxylic acids is 1. The zero-order valence-electron chi connectivity index (χ0n) is 12.7. The number of rotatable bonds is 5. The highest BCUT2D eigenvalue weighted by Crippen LogP contribution is 2.20. The van der Waals surface area contributed by atoms with Crippen LogP contribution in [0.2, 0.25) is 0 Å². The Morgan fingerprint density at radius 1 is 1.13 bits per heavy atom. The molecule has 0 radical (unpaired) electrons. The van der Waals surface area contributed by atoms with E-state index in [1.807, 2.05) is 47.8 Å². The zero-order valence-corrected chi connectivity index (χ0v) is 13.6. The van der Waals surface area contributed by atoms with E-state index in [-0.39, 0.29) is 5.91 Å². The topological polar surface area (TPSA) is 54.0 Å². The molecule has 1 aromatic heterocycles.